The van der Waals surface area contributed by atoms with Gasteiger partial charge in [0.2, 0.25) is 0 Å². The van der Waals surface area contributed by atoms with E-state index in [9.17, 15) is 0 Å². The maximum absolute atomic E-state index is 5.54. The van der Waals surface area contributed by atoms with Gasteiger partial charge in [0.05, 0.1) is 0 Å². The van der Waals surface area contributed by atoms with Crippen LogP contribution in [0.5, 0.6) is 0 Å². The van der Waals surface area contributed by atoms with Gasteiger partial charge in [-0.15, -0.1) is 0 Å². The number of ether oxygens (including phenoxy) is 1. The molecule has 0 N–H and O–H groups in total. The van der Waals surface area contributed by atoms with Crippen LogP contribution in [0, 0.1) is 12.8 Å². The molecule has 0 spiro atoms. The zero-order valence-corrected chi connectivity index (χ0v) is 17.8. The van der Waals surface area contributed by atoms with Crippen molar-refractivity contribution in [1.29, 1.82) is 0 Å². The minimum absolute atomic E-state index is 0.203. The van der Waals surface area contributed by atoms with Crippen molar-refractivity contribution < 1.29 is 4.74 Å². The standard InChI is InChI=1S/C24H39NO/c1-7-24(5,22-10-8-20(4)9-11-22)17-23(16-19(2)3)25(6)18-21-12-14-26-15-13-21/h8-11,16,21,23H,7,12-15,17-18H2,1-6H3. The molecule has 0 bridgehead atoms. The third-order valence-electron chi connectivity index (χ3n) is 6.17. The Morgan fingerprint density at radius 3 is 2.38 bits per heavy atom. The molecule has 0 saturated carbocycles. The predicted molar refractivity (Wildman–Crippen MR) is 113 cm³/mol. The van der Waals surface area contributed by atoms with Crippen molar-refractivity contribution in [2.24, 2.45) is 5.92 Å². The van der Waals surface area contributed by atoms with Crippen LogP contribution in [0.25, 0.3) is 0 Å². The zero-order valence-electron chi connectivity index (χ0n) is 17.8. The first-order valence-corrected chi connectivity index (χ1v) is 10.3. The Labute approximate surface area is 161 Å². The molecule has 1 aromatic rings. The van der Waals surface area contributed by atoms with Gasteiger partial charge in [0.15, 0.2) is 0 Å². The van der Waals surface area contributed by atoms with E-state index in [2.05, 4.69) is 76.9 Å². The second-order valence-corrected chi connectivity index (χ2v) is 8.79. The molecule has 2 unspecified atom stereocenters. The van der Waals surface area contributed by atoms with Crippen LogP contribution in [0.1, 0.15) is 64.5 Å². The van der Waals surface area contributed by atoms with Crippen molar-refractivity contribution in [2.75, 3.05) is 26.8 Å². The van der Waals surface area contributed by atoms with E-state index >= 15 is 0 Å². The minimum Gasteiger partial charge on any atom is -0.381 e. The van der Waals surface area contributed by atoms with Gasteiger partial charge in [0, 0.05) is 25.8 Å². The number of hydrogen-bond donors (Lipinski definition) is 0. The largest absolute Gasteiger partial charge is 0.381 e. The molecule has 1 aliphatic heterocycles. The zero-order chi connectivity index (χ0) is 19.2. The number of allylic oxidation sites excluding steroid dienone is 1. The molecule has 0 amide bonds. The Morgan fingerprint density at radius 2 is 1.85 bits per heavy atom. The Balaban J connectivity index is 2.16. The molecule has 2 heteroatoms. The molecule has 0 radical (unpaired) electrons. The highest BCUT2D eigenvalue weighted by Gasteiger charge is 2.30. The summed E-state index contributed by atoms with van der Waals surface area (Å²) in [5.74, 6) is 0.772. The maximum atomic E-state index is 5.54. The molecule has 1 heterocycles. The fourth-order valence-corrected chi connectivity index (χ4v) is 4.08. The topological polar surface area (TPSA) is 12.5 Å². The lowest BCUT2D eigenvalue weighted by Crippen LogP contribution is -2.40. The molecule has 2 atom stereocenters. The maximum Gasteiger partial charge on any atom is 0.0469 e. The van der Waals surface area contributed by atoms with Crippen LogP contribution in [0.4, 0.5) is 0 Å². The van der Waals surface area contributed by atoms with Gasteiger partial charge in [-0.1, -0.05) is 55.3 Å². The Bertz CT molecular complexity index is 566. The first-order chi connectivity index (χ1) is 12.3. The van der Waals surface area contributed by atoms with Gasteiger partial charge < -0.3 is 4.74 Å². The highest BCUT2D eigenvalue weighted by atomic mass is 16.5. The molecule has 2 nitrogen and oxygen atoms in total. The number of benzene rings is 1. The van der Waals surface area contributed by atoms with E-state index in [1.807, 2.05) is 0 Å². The molecular weight excluding hydrogens is 318 g/mol. The lowest BCUT2D eigenvalue weighted by molar-refractivity contribution is 0.0511. The van der Waals surface area contributed by atoms with Gasteiger partial charge in [-0.25, -0.2) is 0 Å². The summed E-state index contributed by atoms with van der Waals surface area (Å²) in [7, 11) is 2.31. The smallest absolute Gasteiger partial charge is 0.0469 e. The molecule has 1 saturated heterocycles. The summed E-state index contributed by atoms with van der Waals surface area (Å²) in [5, 5.41) is 0. The number of hydrogen-bond acceptors (Lipinski definition) is 2. The van der Waals surface area contributed by atoms with Crippen LogP contribution in [-0.4, -0.2) is 37.7 Å². The van der Waals surface area contributed by atoms with Gasteiger partial charge >= 0.3 is 0 Å². The highest BCUT2D eigenvalue weighted by molar-refractivity contribution is 5.29. The van der Waals surface area contributed by atoms with E-state index < -0.39 is 0 Å². The Hall–Kier alpha value is -1.12. The van der Waals surface area contributed by atoms with Crippen molar-refractivity contribution >= 4 is 0 Å². The number of likely N-dealkylation sites (N-methyl/N-ethyl adjacent to an activating group) is 1. The Kier molecular flexibility index (Phi) is 7.91. The van der Waals surface area contributed by atoms with Crippen LogP contribution in [0.15, 0.2) is 35.9 Å². The molecule has 2 rings (SSSR count). The predicted octanol–water partition coefficient (Wildman–Crippen LogP) is 5.75. The summed E-state index contributed by atoms with van der Waals surface area (Å²) in [6.07, 6.45) is 7.21. The average molecular weight is 358 g/mol. The van der Waals surface area contributed by atoms with Crippen LogP contribution in [0.2, 0.25) is 0 Å². The normalized spacial score (nSPS) is 19.2. The molecule has 1 aromatic carbocycles. The van der Waals surface area contributed by atoms with Gasteiger partial charge in [-0.05, 0) is 70.4 Å². The number of rotatable bonds is 8. The van der Waals surface area contributed by atoms with Gasteiger partial charge in [-0.3, -0.25) is 4.90 Å². The first-order valence-electron chi connectivity index (χ1n) is 10.3. The summed E-state index contributed by atoms with van der Waals surface area (Å²) >= 11 is 0. The summed E-state index contributed by atoms with van der Waals surface area (Å²) in [4.78, 5) is 2.59. The number of nitrogens with zero attached hydrogens (tertiary/aromatic N) is 1. The van der Waals surface area contributed by atoms with E-state index in [0.717, 1.165) is 32.0 Å². The lowest BCUT2D eigenvalue weighted by atomic mass is 9.74. The van der Waals surface area contributed by atoms with Crippen LogP contribution < -0.4 is 0 Å². The van der Waals surface area contributed by atoms with E-state index in [4.69, 9.17) is 4.74 Å². The first kappa shape index (κ1) is 21.2. The minimum atomic E-state index is 0.203. The average Bonchev–Trinajstić information content (AvgIpc) is 2.62. The highest BCUT2D eigenvalue weighted by Crippen LogP contribution is 2.34. The van der Waals surface area contributed by atoms with Gasteiger partial charge in [0.25, 0.3) is 0 Å². The Morgan fingerprint density at radius 1 is 1.23 bits per heavy atom. The molecule has 26 heavy (non-hydrogen) atoms. The van der Waals surface area contributed by atoms with E-state index in [1.54, 1.807) is 0 Å². The fraction of sp³-hybridized carbons (Fsp3) is 0.667. The van der Waals surface area contributed by atoms with Crippen molar-refractivity contribution in [1.82, 2.24) is 4.90 Å². The monoisotopic (exact) mass is 357 g/mol. The second-order valence-electron chi connectivity index (χ2n) is 8.79. The quantitative estimate of drug-likeness (QED) is 0.550. The molecule has 0 aromatic heterocycles. The fourth-order valence-electron chi connectivity index (χ4n) is 4.08. The summed E-state index contributed by atoms with van der Waals surface area (Å²) in [6, 6.07) is 9.65. The van der Waals surface area contributed by atoms with Gasteiger partial charge in [0.1, 0.15) is 0 Å². The molecule has 1 aliphatic rings. The summed E-state index contributed by atoms with van der Waals surface area (Å²) < 4.78 is 5.54. The van der Waals surface area contributed by atoms with Crippen LogP contribution in [-0.2, 0) is 10.2 Å². The van der Waals surface area contributed by atoms with E-state index in [1.165, 1.54) is 36.1 Å². The molecule has 146 valence electrons. The molecule has 1 fully saturated rings. The molecule has 0 aliphatic carbocycles. The molecular formula is C24H39NO. The second kappa shape index (κ2) is 9.71. The van der Waals surface area contributed by atoms with E-state index in [0.29, 0.717) is 6.04 Å². The van der Waals surface area contributed by atoms with Crippen molar-refractivity contribution in [3.8, 4) is 0 Å². The van der Waals surface area contributed by atoms with Crippen LogP contribution in [0.3, 0.4) is 0 Å². The van der Waals surface area contributed by atoms with Crippen molar-refractivity contribution in [3.63, 3.8) is 0 Å². The summed E-state index contributed by atoms with van der Waals surface area (Å²) in [5.41, 5.74) is 4.42. The SMILES string of the molecule is CCC(C)(CC(C=C(C)C)N(C)CC1CCOCC1)c1ccc(C)cc1. The van der Waals surface area contributed by atoms with Gasteiger partial charge in [-0.2, -0.15) is 0 Å². The lowest BCUT2D eigenvalue weighted by Gasteiger charge is -2.38. The number of aryl methyl sites for hydroxylation is 1. The third-order valence-corrected chi connectivity index (χ3v) is 6.17. The van der Waals surface area contributed by atoms with Crippen molar-refractivity contribution in [2.45, 2.75) is 71.8 Å². The third kappa shape index (κ3) is 5.96. The van der Waals surface area contributed by atoms with Crippen molar-refractivity contribution in [3.05, 3.63) is 47.0 Å². The van der Waals surface area contributed by atoms with E-state index in [-0.39, 0.29) is 5.41 Å². The summed E-state index contributed by atoms with van der Waals surface area (Å²) in [6.45, 7) is 14.4. The van der Waals surface area contributed by atoms with Crippen LogP contribution >= 0.6 is 0 Å².